The minimum atomic E-state index is -0.135. The highest BCUT2D eigenvalue weighted by molar-refractivity contribution is 8.00. The van der Waals surface area contributed by atoms with E-state index in [1.165, 1.54) is 11.8 Å². The number of carbonyl (C=O) groups excluding carboxylic acids is 2. The molecule has 1 aromatic carbocycles. The molecule has 7 nitrogen and oxygen atoms in total. The van der Waals surface area contributed by atoms with Gasteiger partial charge in [-0.1, -0.05) is 12.1 Å². The topological polar surface area (TPSA) is 74.8 Å². The Balaban J connectivity index is 1.33. The van der Waals surface area contributed by atoms with Crippen LogP contribution in [0.3, 0.4) is 0 Å². The van der Waals surface area contributed by atoms with Crippen LogP contribution in [0.2, 0.25) is 0 Å². The quantitative estimate of drug-likeness (QED) is 0.834. The molecule has 1 aromatic heterocycles. The SMILES string of the molecule is O=C(CCN1C(=O)CSc2ccccc21)Nc1ccc(N2CCOCC2)nc1. The molecular formula is C20H22N4O3S. The Labute approximate surface area is 168 Å². The number of amides is 2. The van der Waals surface area contributed by atoms with Crippen molar-refractivity contribution in [3.05, 3.63) is 42.6 Å². The summed E-state index contributed by atoms with van der Waals surface area (Å²) in [7, 11) is 0. The lowest BCUT2D eigenvalue weighted by Gasteiger charge is -2.28. The van der Waals surface area contributed by atoms with E-state index in [2.05, 4.69) is 15.2 Å². The Morgan fingerprint density at radius 1 is 1.18 bits per heavy atom. The van der Waals surface area contributed by atoms with Gasteiger partial charge >= 0.3 is 0 Å². The van der Waals surface area contributed by atoms with Crippen molar-refractivity contribution in [2.45, 2.75) is 11.3 Å². The molecule has 3 heterocycles. The van der Waals surface area contributed by atoms with E-state index in [1.807, 2.05) is 36.4 Å². The number of benzene rings is 1. The van der Waals surface area contributed by atoms with Gasteiger partial charge in [-0.3, -0.25) is 9.59 Å². The highest BCUT2D eigenvalue weighted by atomic mass is 32.2. The predicted octanol–water partition coefficient (Wildman–Crippen LogP) is 2.39. The maximum absolute atomic E-state index is 12.4. The molecule has 8 heteroatoms. The van der Waals surface area contributed by atoms with Crippen molar-refractivity contribution in [3.63, 3.8) is 0 Å². The standard InChI is InChI=1S/C20H22N4O3S/c25-19(7-8-24-16-3-1-2-4-17(16)28-14-20(24)26)22-15-5-6-18(21-13-15)23-9-11-27-12-10-23/h1-6,13H,7-12,14H2,(H,22,25). The zero-order valence-electron chi connectivity index (χ0n) is 15.5. The van der Waals surface area contributed by atoms with Crippen LogP contribution in [0.15, 0.2) is 47.5 Å². The van der Waals surface area contributed by atoms with Gasteiger partial charge in [0.05, 0.1) is 36.5 Å². The average Bonchev–Trinajstić information content (AvgIpc) is 2.74. The van der Waals surface area contributed by atoms with E-state index in [0.717, 1.165) is 29.5 Å². The number of thioether (sulfide) groups is 1. The Kier molecular flexibility index (Phi) is 5.78. The van der Waals surface area contributed by atoms with E-state index in [-0.39, 0.29) is 18.2 Å². The third kappa shape index (κ3) is 4.28. The number of ether oxygens (including phenoxy) is 1. The summed E-state index contributed by atoms with van der Waals surface area (Å²) in [5, 5.41) is 2.86. The van der Waals surface area contributed by atoms with Gasteiger partial charge < -0.3 is 19.9 Å². The van der Waals surface area contributed by atoms with Crippen molar-refractivity contribution in [3.8, 4) is 0 Å². The second-order valence-corrected chi connectivity index (χ2v) is 7.62. The first kappa shape index (κ1) is 18.8. The van der Waals surface area contributed by atoms with E-state index in [9.17, 15) is 9.59 Å². The molecule has 0 atom stereocenters. The van der Waals surface area contributed by atoms with Crippen LogP contribution in [0.4, 0.5) is 17.2 Å². The number of rotatable bonds is 5. The Morgan fingerprint density at radius 2 is 2.00 bits per heavy atom. The van der Waals surface area contributed by atoms with Gasteiger partial charge in [0.25, 0.3) is 0 Å². The first-order valence-electron chi connectivity index (χ1n) is 9.31. The second kappa shape index (κ2) is 8.62. The highest BCUT2D eigenvalue weighted by Gasteiger charge is 2.24. The molecule has 0 radical (unpaired) electrons. The van der Waals surface area contributed by atoms with Crippen molar-refractivity contribution < 1.29 is 14.3 Å². The molecule has 2 aliphatic rings. The molecule has 0 saturated carbocycles. The van der Waals surface area contributed by atoms with Crippen LogP contribution >= 0.6 is 11.8 Å². The van der Waals surface area contributed by atoms with Crippen molar-refractivity contribution in [1.82, 2.24) is 4.98 Å². The van der Waals surface area contributed by atoms with Crippen LogP contribution in [-0.4, -0.2) is 55.4 Å². The van der Waals surface area contributed by atoms with Gasteiger partial charge in [-0.2, -0.15) is 0 Å². The zero-order chi connectivity index (χ0) is 19.3. The van der Waals surface area contributed by atoms with Crippen molar-refractivity contribution in [2.24, 2.45) is 0 Å². The van der Waals surface area contributed by atoms with E-state index in [0.29, 0.717) is 31.2 Å². The molecule has 2 amide bonds. The number of carbonyl (C=O) groups is 2. The number of pyridine rings is 1. The van der Waals surface area contributed by atoms with E-state index in [4.69, 9.17) is 4.74 Å². The molecule has 146 valence electrons. The Hall–Kier alpha value is -2.58. The van der Waals surface area contributed by atoms with Crippen molar-refractivity contribution in [1.29, 1.82) is 0 Å². The molecule has 2 aliphatic heterocycles. The number of para-hydroxylation sites is 1. The number of fused-ring (bicyclic) bond motifs is 1. The molecule has 0 spiro atoms. The molecule has 0 bridgehead atoms. The van der Waals surface area contributed by atoms with Gasteiger partial charge in [-0.05, 0) is 24.3 Å². The maximum atomic E-state index is 12.4. The summed E-state index contributed by atoms with van der Waals surface area (Å²) in [5.41, 5.74) is 1.54. The van der Waals surface area contributed by atoms with Crippen LogP contribution in [0.25, 0.3) is 0 Å². The fourth-order valence-electron chi connectivity index (χ4n) is 3.28. The fraction of sp³-hybridized carbons (Fsp3) is 0.350. The van der Waals surface area contributed by atoms with Gasteiger partial charge in [0.15, 0.2) is 0 Å². The van der Waals surface area contributed by atoms with Gasteiger partial charge in [0.1, 0.15) is 5.82 Å². The minimum absolute atomic E-state index is 0.0352. The van der Waals surface area contributed by atoms with Crippen LogP contribution in [-0.2, 0) is 14.3 Å². The van der Waals surface area contributed by atoms with Gasteiger partial charge in [-0.25, -0.2) is 4.98 Å². The molecule has 2 aromatic rings. The molecular weight excluding hydrogens is 376 g/mol. The minimum Gasteiger partial charge on any atom is -0.378 e. The number of nitrogens with one attached hydrogen (secondary N) is 1. The van der Waals surface area contributed by atoms with Crippen molar-refractivity contribution >= 4 is 40.8 Å². The van der Waals surface area contributed by atoms with Crippen LogP contribution < -0.4 is 15.1 Å². The first-order chi connectivity index (χ1) is 13.7. The largest absolute Gasteiger partial charge is 0.378 e. The average molecular weight is 398 g/mol. The van der Waals surface area contributed by atoms with Crippen LogP contribution in [0, 0.1) is 0 Å². The number of morpholine rings is 1. The third-order valence-electron chi connectivity index (χ3n) is 4.74. The summed E-state index contributed by atoms with van der Waals surface area (Å²) >= 11 is 1.54. The monoisotopic (exact) mass is 398 g/mol. The molecule has 1 fully saturated rings. The normalized spacial score (nSPS) is 16.6. The van der Waals surface area contributed by atoms with Crippen molar-refractivity contribution in [2.75, 3.05) is 53.7 Å². The lowest BCUT2D eigenvalue weighted by molar-refractivity contribution is -0.117. The zero-order valence-corrected chi connectivity index (χ0v) is 16.3. The predicted molar refractivity (Wildman–Crippen MR) is 110 cm³/mol. The van der Waals surface area contributed by atoms with Gasteiger partial charge in [0, 0.05) is 31.0 Å². The summed E-state index contributed by atoms with van der Waals surface area (Å²) in [4.78, 5) is 34.0. The van der Waals surface area contributed by atoms with Gasteiger partial charge in [-0.15, -0.1) is 11.8 Å². The van der Waals surface area contributed by atoms with E-state index in [1.54, 1.807) is 11.1 Å². The van der Waals surface area contributed by atoms with E-state index >= 15 is 0 Å². The maximum Gasteiger partial charge on any atom is 0.237 e. The molecule has 0 unspecified atom stereocenters. The number of nitrogens with zero attached hydrogens (tertiary/aromatic N) is 3. The lowest BCUT2D eigenvalue weighted by Crippen LogP contribution is -2.37. The molecule has 1 saturated heterocycles. The molecule has 1 N–H and O–H groups in total. The summed E-state index contributed by atoms with van der Waals surface area (Å²) in [5.74, 6) is 1.19. The summed E-state index contributed by atoms with van der Waals surface area (Å²) in [6.07, 6.45) is 1.90. The fourth-order valence-corrected chi connectivity index (χ4v) is 4.21. The summed E-state index contributed by atoms with van der Waals surface area (Å²) < 4.78 is 5.35. The Bertz CT molecular complexity index is 853. The second-order valence-electron chi connectivity index (χ2n) is 6.60. The molecule has 28 heavy (non-hydrogen) atoms. The highest BCUT2D eigenvalue weighted by Crippen LogP contribution is 2.34. The number of hydrogen-bond acceptors (Lipinski definition) is 6. The van der Waals surface area contributed by atoms with Gasteiger partial charge in [0.2, 0.25) is 11.8 Å². The number of hydrogen-bond donors (Lipinski definition) is 1. The first-order valence-corrected chi connectivity index (χ1v) is 10.3. The third-order valence-corrected chi connectivity index (χ3v) is 5.78. The summed E-state index contributed by atoms with van der Waals surface area (Å²) in [6, 6.07) is 11.6. The van der Waals surface area contributed by atoms with Crippen LogP contribution in [0.1, 0.15) is 6.42 Å². The van der Waals surface area contributed by atoms with Crippen LogP contribution in [0.5, 0.6) is 0 Å². The summed E-state index contributed by atoms with van der Waals surface area (Å²) in [6.45, 7) is 3.42. The number of anilines is 3. The lowest BCUT2D eigenvalue weighted by atomic mass is 10.2. The smallest absolute Gasteiger partial charge is 0.237 e. The molecule has 4 rings (SSSR count). The Morgan fingerprint density at radius 3 is 2.79 bits per heavy atom. The number of aromatic nitrogens is 1. The van der Waals surface area contributed by atoms with E-state index < -0.39 is 0 Å². The molecule has 0 aliphatic carbocycles.